The normalized spacial score (nSPS) is 13.2. The molecule has 1 unspecified atom stereocenters. The molecular weight excluding hydrogens is 603 g/mol. The molecule has 1 aliphatic carbocycles. The van der Waals surface area contributed by atoms with Crippen LogP contribution in [0.4, 0.5) is 5.69 Å². The molecule has 5 rings (SSSR count). The second kappa shape index (κ2) is 16.6. The van der Waals surface area contributed by atoms with Crippen molar-refractivity contribution in [1.82, 2.24) is 0 Å². The first-order valence-corrected chi connectivity index (χ1v) is 15.8. The minimum atomic E-state index is 0.796. The molecule has 1 saturated carbocycles. The Morgan fingerprint density at radius 3 is 1.97 bits per heavy atom. The Balaban J connectivity index is 0.000000225. The molecule has 0 spiro atoms. The van der Waals surface area contributed by atoms with Gasteiger partial charge >= 0.3 is 27.7 Å². The predicted molar refractivity (Wildman–Crippen MR) is 161 cm³/mol. The fourth-order valence-corrected chi connectivity index (χ4v) is 6.41. The molecule has 0 saturated heterocycles. The summed E-state index contributed by atoms with van der Waals surface area (Å²) < 4.78 is 11.2. The average molecular weight is 638 g/mol. The van der Waals surface area contributed by atoms with E-state index in [1.165, 1.54) is 43.0 Å². The van der Waals surface area contributed by atoms with Crippen molar-refractivity contribution in [2.75, 3.05) is 20.0 Å². The summed E-state index contributed by atoms with van der Waals surface area (Å²) in [6.45, 7) is 0. The number of hydrogen-bond donors (Lipinski definition) is 1. The molecule has 6 heteroatoms. The van der Waals surface area contributed by atoms with Crippen LogP contribution in [0.15, 0.2) is 91.0 Å². The summed E-state index contributed by atoms with van der Waals surface area (Å²) in [6, 6.07) is 33.5. The maximum atomic E-state index is 5.83. The number of methoxy groups -OCH3 is 2. The van der Waals surface area contributed by atoms with Crippen molar-refractivity contribution in [3.05, 3.63) is 97.1 Å². The molecule has 202 valence electrons. The van der Waals surface area contributed by atoms with Crippen LogP contribution in [0.3, 0.4) is 0 Å². The molecule has 38 heavy (non-hydrogen) atoms. The van der Waals surface area contributed by atoms with E-state index in [0.29, 0.717) is 0 Å². The molecule has 4 aromatic carbocycles. The van der Waals surface area contributed by atoms with Gasteiger partial charge in [0.15, 0.2) is 0 Å². The topological polar surface area (TPSA) is 44.5 Å². The summed E-state index contributed by atoms with van der Waals surface area (Å²) in [5, 5.41) is 1.43. The molecule has 1 atom stereocenters. The molecule has 1 fully saturated rings. The number of halogens is 1. The van der Waals surface area contributed by atoms with Gasteiger partial charge in [-0.25, -0.2) is 0 Å². The Labute approximate surface area is 244 Å². The van der Waals surface area contributed by atoms with Crippen LogP contribution < -0.4 is 20.5 Å². The third-order valence-electron chi connectivity index (χ3n) is 6.55. The van der Waals surface area contributed by atoms with Gasteiger partial charge < -0.3 is 15.2 Å². The zero-order valence-corrected chi connectivity index (χ0v) is 25.2. The fraction of sp³-hybridized carbons (Fsp3) is 0.250. The van der Waals surface area contributed by atoms with E-state index in [2.05, 4.69) is 58.0 Å². The van der Waals surface area contributed by atoms with Gasteiger partial charge in [-0.2, -0.15) is 0 Å². The van der Waals surface area contributed by atoms with Crippen molar-refractivity contribution < 1.29 is 27.7 Å². The summed E-state index contributed by atoms with van der Waals surface area (Å²) in [7, 11) is 8.80. The molecule has 0 bridgehead atoms. The van der Waals surface area contributed by atoms with Crippen molar-refractivity contribution >= 4 is 29.1 Å². The molecule has 4 aromatic rings. The van der Waals surface area contributed by atoms with Crippen LogP contribution in [0.5, 0.6) is 11.5 Å². The first kappa shape index (κ1) is 30.2. The third kappa shape index (κ3) is 8.33. The number of rotatable bonds is 6. The van der Waals surface area contributed by atoms with E-state index < -0.39 is 0 Å². The Hall–Kier alpha value is -2.34. The predicted octanol–water partition coefficient (Wildman–Crippen LogP) is 8.43. The summed E-state index contributed by atoms with van der Waals surface area (Å²) in [5.41, 5.74) is 11.9. The molecule has 1 aliphatic rings. The monoisotopic (exact) mass is 637 g/mol. The molecular formula is C32H35ClNO2PPd. The summed E-state index contributed by atoms with van der Waals surface area (Å²) in [6.07, 6.45) is 6.92. The van der Waals surface area contributed by atoms with Gasteiger partial charge in [-0.3, -0.25) is 0 Å². The number of ether oxygens (including phenoxy) is 2. The van der Waals surface area contributed by atoms with Gasteiger partial charge in [-0.1, -0.05) is 81.9 Å². The quantitative estimate of drug-likeness (QED) is 0.0999. The Morgan fingerprint density at radius 2 is 1.37 bits per heavy atom. The van der Waals surface area contributed by atoms with Crippen LogP contribution in [0, 0.1) is 6.07 Å². The number of nitrogen functional groups attached to an aromatic ring is 1. The summed E-state index contributed by atoms with van der Waals surface area (Å²) >= 11 is 2.22. The van der Waals surface area contributed by atoms with Crippen molar-refractivity contribution in [2.45, 2.75) is 37.8 Å². The van der Waals surface area contributed by atoms with E-state index in [-0.39, 0.29) is 0 Å². The minimum absolute atomic E-state index is 0.796. The van der Waals surface area contributed by atoms with Gasteiger partial charge in [0.25, 0.3) is 0 Å². The average Bonchev–Trinajstić information content (AvgIpc) is 2.99. The second-order valence-corrected chi connectivity index (χ2v) is 10.6. The van der Waals surface area contributed by atoms with Crippen LogP contribution in [0.1, 0.15) is 32.1 Å². The van der Waals surface area contributed by atoms with Crippen LogP contribution in [-0.4, -0.2) is 19.9 Å². The first-order valence-electron chi connectivity index (χ1n) is 12.7. The SMILES string of the molecule is COc1cccc(OC)c1-c1ccccc1PC1CCCCC1.Nc1ccccc1-c1[c-]cccc1.[Cl][Pd+]. The zero-order valence-electron chi connectivity index (χ0n) is 21.9. The second-order valence-electron chi connectivity index (χ2n) is 8.93. The molecule has 0 aliphatic heterocycles. The molecule has 0 heterocycles. The van der Waals surface area contributed by atoms with E-state index in [4.69, 9.17) is 15.2 Å². The number of benzene rings is 4. The van der Waals surface area contributed by atoms with Gasteiger partial charge in [-0.15, -0.1) is 35.9 Å². The van der Waals surface area contributed by atoms with Crippen molar-refractivity contribution in [2.24, 2.45) is 0 Å². The zero-order chi connectivity index (χ0) is 27.2. The maximum absolute atomic E-state index is 5.83. The van der Waals surface area contributed by atoms with Gasteiger partial charge in [0.05, 0.1) is 19.8 Å². The molecule has 0 aromatic heterocycles. The van der Waals surface area contributed by atoms with Crippen LogP contribution in [-0.2, 0) is 18.2 Å². The van der Waals surface area contributed by atoms with Gasteiger partial charge in [0, 0.05) is 0 Å². The Morgan fingerprint density at radius 1 is 0.763 bits per heavy atom. The van der Waals surface area contributed by atoms with Gasteiger partial charge in [0.2, 0.25) is 0 Å². The Kier molecular flexibility index (Phi) is 13.2. The van der Waals surface area contributed by atoms with E-state index >= 15 is 0 Å². The van der Waals surface area contributed by atoms with Crippen LogP contribution in [0.2, 0.25) is 0 Å². The third-order valence-corrected chi connectivity index (χ3v) is 8.28. The summed E-state index contributed by atoms with van der Waals surface area (Å²) in [5.74, 6) is 1.76. The molecule has 2 N–H and O–H groups in total. The van der Waals surface area contributed by atoms with E-state index in [1.807, 2.05) is 66.7 Å². The van der Waals surface area contributed by atoms with Crippen molar-refractivity contribution in [3.8, 4) is 33.8 Å². The number of nitrogens with two attached hydrogens (primary N) is 1. The standard InChI is InChI=1S/C20H25O2P.C12H10N.ClH.Pd/c1-21-17-12-8-13-18(22-2)20(17)16-11-6-7-14-19(16)23-15-9-4-3-5-10-15;13-12-9-5-4-8-11(12)10-6-2-1-3-7-10;;/h6-8,11-15,23H,3-5,9-10H2,1-2H3;1-6,8-9H,13H2;1H;/q;-1;;+2/p-1. The fourth-order valence-electron chi connectivity index (χ4n) is 4.71. The van der Waals surface area contributed by atoms with Crippen LogP contribution in [0.25, 0.3) is 22.3 Å². The van der Waals surface area contributed by atoms with Crippen molar-refractivity contribution in [3.63, 3.8) is 0 Å². The van der Waals surface area contributed by atoms with Crippen LogP contribution >= 0.6 is 18.1 Å². The number of hydrogen-bond acceptors (Lipinski definition) is 3. The van der Waals surface area contributed by atoms with Gasteiger partial charge in [0.1, 0.15) is 11.5 Å². The van der Waals surface area contributed by atoms with E-state index in [0.717, 1.165) is 48.1 Å². The van der Waals surface area contributed by atoms with E-state index in [9.17, 15) is 0 Å². The summed E-state index contributed by atoms with van der Waals surface area (Å²) in [4.78, 5) is 0. The first-order chi connectivity index (χ1) is 18.7. The van der Waals surface area contributed by atoms with Gasteiger partial charge in [-0.05, 0) is 53.3 Å². The Bertz CT molecular complexity index is 1230. The molecule has 0 amide bonds. The number of anilines is 1. The molecule has 3 nitrogen and oxygen atoms in total. The van der Waals surface area contributed by atoms with Crippen molar-refractivity contribution in [1.29, 1.82) is 0 Å². The molecule has 0 radical (unpaired) electrons. The number of para-hydroxylation sites is 1. The van der Waals surface area contributed by atoms with E-state index in [1.54, 1.807) is 14.2 Å².